The minimum Gasteiger partial charge on any atom is -0.368 e. The average molecular weight is 314 g/mol. The topological polar surface area (TPSA) is 76.3 Å². The van der Waals surface area contributed by atoms with Crippen LogP contribution in [0.15, 0.2) is 22.8 Å². The van der Waals surface area contributed by atoms with Crippen LogP contribution >= 0.6 is 15.9 Å². The summed E-state index contributed by atoms with van der Waals surface area (Å²) >= 11 is 3.27. The van der Waals surface area contributed by atoms with Crippen LogP contribution in [-0.2, 0) is 4.79 Å². The van der Waals surface area contributed by atoms with Crippen molar-refractivity contribution >= 4 is 27.7 Å². The molecular weight excluding hydrogens is 298 g/mol. The monoisotopic (exact) mass is 313 g/mol. The number of amides is 2. The molecule has 5 nitrogen and oxygen atoms in total. The maximum atomic E-state index is 12.2. The Labute approximate surface area is 114 Å². The van der Waals surface area contributed by atoms with Gasteiger partial charge in [-0.15, -0.1) is 0 Å². The average Bonchev–Trinajstić information content (AvgIpc) is 2.34. The Kier molecular flexibility index (Phi) is 5.77. The van der Waals surface area contributed by atoms with Crippen molar-refractivity contribution in [1.29, 1.82) is 0 Å². The van der Waals surface area contributed by atoms with E-state index in [1.54, 1.807) is 18.3 Å². The number of primary amides is 1. The van der Waals surface area contributed by atoms with Gasteiger partial charge in [0.25, 0.3) is 5.91 Å². The Balaban J connectivity index is 2.87. The number of carbonyl (C=O) groups excluding carboxylic acids is 2. The van der Waals surface area contributed by atoms with Crippen molar-refractivity contribution in [3.05, 3.63) is 28.5 Å². The van der Waals surface area contributed by atoms with E-state index in [0.29, 0.717) is 16.7 Å². The van der Waals surface area contributed by atoms with Crippen LogP contribution in [-0.4, -0.2) is 34.8 Å². The zero-order valence-corrected chi connectivity index (χ0v) is 11.8. The predicted octanol–water partition coefficient (Wildman–Crippen LogP) is 1.57. The molecule has 0 bridgehead atoms. The lowest BCUT2D eigenvalue weighted by Gasteiger charge is -2.20. The number of nitrogens with two attached hydrogens (primary N) is 1. The van der Waals surface area contributed by atoms with E-state index < -0.39 is 5.91 Å². The molecule has 0 fully saturated rings. The van der Waals surface area contributed by atoms with Crippen molar-refractivity contribution < 1.29 is 9.59 Å². The number of halogens is 1. The Morgan fingerprint density at radius 1 is 1.50 bits per heavy atom. The largest absolute Gasteiger partial charge is 0.368 e. The Hall–Kier alpha value is -1.43. The molecule has 0 atom stereocenters. The highest BCUT2D eigenvalue weighted by atomic mass is 79.9. The van der Waals surface area contributed by atoms with Gasteiger partial charge in [0.15, 0.2) is 0 Å². The SMILES string of the molecule is CCCCN(CC(N)=O)C(=O)c1ncccc1Br. The second kappa shape index (κ2) is 7.10. The first kappa shape index (κ1) is 14.6. The summed E-state index contributed by atoms with van der Waals surface area (Å²) in [6, 6.07) is 3.47. The smallest absolute Gasteiger partial charge is 0.274 e. The summed E-state index contributed by atoms with van der Waals surface area (Å²) in [7, 11) is 0. The van der Waals surface area contributed by atoms with Crippen LogP contribution in [0.2, 0.25) is 0 Å². The van der Waals surface area contributed by atoms with Gasteiger partial charge in [-0.25, -0.2) is 4.98 Å². The van der Waals surface area contributed by atoms with E-state index in [1.165, 1.54) is 4.90 Å². The molecular formula is C12H16BrN3O2. The molecule has 0 saturated carbocycles. The van der Waals surface area contributed by atoms with Crippen molar-refractivity contribution in [2.24, 2.45) is 5.73 Å². The highest BCUT2D eigenvalue weighted by Gasteiger charge is 2.20. The molecule has 6 heteroatoms. The first-order chi connectivity index (χ1) is 8.56. The Morgan fingerprint density at radius 2 is 2.22 bits per heavy atom. The molecule has 0 saturated heterocycles. The van der Waals surface area contributed by atoms with E-state index in [2.05, 4.69) is 20.9 Å². The lowest BCUT2D eigenvalue weighted by molar-refractivity contribution is -0.118. The third kappa shape index (κ3) is 4.10. The van der Waals surface area contributed by atoms with Crippen molar-refractivity contribution in [2.75, 3.05) is 13.1 Å². The molecule has 0 aliphatic heterocycles. The molecule has 18 heavy (non-hydrogen) atoms. The number of hydrogen-bond acceptors (Lipinski definition) is 3. The summed E-state index contributed by atoms with van der Waals surface area (Å²) in [4.78, 5) is 28.7. The molecule has 1 aromatic rings. The van der Waals surface area contributed by atoms with Crippen LogP contribution in [0.5, 0.6) is 0 Å². The van der Waals surface area contributed by atoms with Gasteiger partial charge in [0, 0.05) is 17.2 Å². The minimum absolute atomic E-state index is 0.0815. The van der Waals surface area contributed by atoms with E-state index in [-0.39, 0.29) is 12.5 Å². The molecule has 2 amide bonds. The van der Waals surface area contributed by atoms with Gasteiger partial charge in [0.2, 0.25) is 5.91 Å². The van der Waals surface area contributed by atoms with E-state index in [4.69, 9.17) is 5.73 Å². The van der Waals surface area contributed by atoms with E-state index >= 15 is 0 Å². The molecule has 1 heterocycles. The highest BCUT2D eigenvalue weighted by Crippen LogP contribution is 2.15. The van der Waals surface area contributed by atoms with Crippen molar-refractivity contribution in [3.8, 4) is 0 Å². The lowest BCUT2D eigenvalue weighted by Crippen LogP contribution is -2.39. The molecule has 0 radical (unpaired) electrons. The van der Waals surface area contributed by atoms with Crippen LogP contribution < -0.4 is 5.73 Å². The van der Waals surface area contributed by atoms with Crippen LogP contribution in [0, 0.1) is 0 Å². The second-order valence-corrected chi connectivity index (χ2v) is 4.73. The summed E-state index contributed by atoms with van der Waals surface area (Å²) in [5.41, 5.74) is 5.45. The van der Waals surface area contributed by atoms with Crippen LogP contribution in [0.3, 0.4) is 0 Å². The van der Waals surface area contributed by atoms with Gasteiger partial charge in [0.05, 0.1) is 6.54 Å². The molecule has 98 valence electrons. The molecule has 0 aliphatic rings. The molecule has 0 spiro atoms. The fraction of sp³-hybridized carbons (Fsp3) is 0.417. The summed E-state index contributed by atoms with van der Waals surface area (Å²) < 4.78 is 0.612. The van der Waals surface area contributed by atoms with Gasteiger partial charge in [-0.1, -0.05) is 13.3 Å². The minimum atomic E-state index is -0.522. The number of nitrogens with zero attached hydrogens (tertiary/aromatic N) is 2. The van der Waals surface area contributed by atoms with E-state index in [0.717, 1.165) is 12.8 Å². The van der Waals surface area contributed by atoms with Crippen LogP contribution in [0.25, 0.3) is 0 Å². The third-order valence-electron chi connectivity index (χ3n) is 2.38. The van der Waals surface area contributed by atoms with Gasteiger partial charge < -0.3 is 10.6 Å². The lowest BCUT2D eigenvalue weighted by atomic mass is 10.2. The molecule has 2 N–H and O–H groups in total. The van der Waals surface area contributed by atoms with Gasteiger partial charge in [0.1, 0.15) is 5.69 Å². The number of carbonyl (C=O) groups is 2. The number of aromatic nitrogens is 1. The first-order valence-corrected chi connectivity index (χ1v) is 6.53. The molecule has 0 aliphatic carbocycles. The summed E-state index contributed by atoms with van der Waals surface area (Å²) in [5.74, 6) is -0.804. The predicted molar refractivity (Wildman–Crippen MR) is 71.9 cm³/mol. The van der Waals surface area contributed by atoms with Crippen molar-refractivity contribution in [2.45, 2.75) is 19.8 Å². The van der Waals surface area contributed by atoms with E-state index in [1.807, 2.05) is 6.92 Å². The van der Waals surface area contributed by atoms with Gasteiger partial charge in [-0.2, -0.15) is 0 Å². The number of unbranched alkanes of at least 4 members (excludes halogenated alkanes) is 1. The number of hydrogen-bond donors (Lipinski definition) is 1. The fourth-order valence-electron chi connectivity index (χ4n) is 1.48. The summed E-state index contributed by atoms with van der Waals surface area (Å²) in [6.45, 7) is 2.44. The van der Waals surface area contributed by atoms with Crippen LogP contribution in [0.4, 0.5) is 0 Å². The maximum absolute atomic E-state index is 12.2. The summed E-state index contributed by atoms with van der Waals surface area (Å²) in [5, 5.41) is 0. The Bertz CT molecular complexity index is 437. The maximum Gasteiger partial charge on any atom is 0.274 e. The zero-order chi connectivity index (χ0) is 13.5. The van der Waals surface area contributed by atoms with Gasteiger partial charge in [-0.05, 0) is 34.5 Å². The molecule has 1 aromatic heterocycles. The van der Waals surface area contributed by atoms with Gasteiger partial charge >= 0.3 is 0 Å². The van der Waals surface area contributed by atoms with E-state index in [9.17, 15) is 9.59 Å². The zero-order valence-electron chi connectivity index (χ0n) is 10.2. The highest BCUT2D eigenvalue weighted by molar-refractivity contribution is 9.10. The fourth-order valence-corrected chi connectivity index (χ4v) is 1.91. The quantitative estimate of drug-likeness (QED) is 0.866. The molecule has 1 rings (SSSR count). The first-order valence-electron chi connectivity index (χ1n) is 5.74. The third-order valence-corrected chi connectivity index (χ3v) is 3.02. The second-order valence-electron chi connectivity index (χ2n) is 3.88. The van der Waals surface area contributed by atoms with Crippen molar-refractivity contribution in [1.82, 2.24) is 9.88 Å². The number of rotatable bonds is 6. The van der Waals surface area contributed by atoms with Crippen molar-refractivity contribution in [3.63, 3.8) is 0 Å². The molecule has 0 aromatic carbocycles. The number of pyridine rings is 1. The summed E-state index contributed by atoms with van der Waals surface area (Å²) in [6.07, 6.45) is 3.30. The van der Waals surface area contributed by atoms with Crippen LogP contribution in [0.1, 0.15) is 30.3 Å². The Morgan fingerprint density at radius 3 is 2.78 bits per heavy atom. The normalized spacial score (nSPS) is 10.1. The van der Waals surface area contributed by atoms with Gasteiger partial charge in [-0.3, -0.25) is 9.59 Å². The standard InChI is InChI=1S/C12H16BrN3O2/c1-2-3-7-16(8-10(14)17)12(18)11-9(13)5-4-6-15-11/h4-6H,2-3,7-8H2,1H3,(H2,14,17). The molecule has 0 unspecified atom stereocenters.